The summed E-state index contributed by atoms with van der Waals surface area (Å²) in [7, 11) is -11.0. The van der Waals surface area contributed by atoms with E-state index in [0.29, 0.717) is 61.7 Å². The molecule has 3 atom stereocenters. The molecular formula is C60H70ClF3N8O7S3. The predicted octanol–water partition coefficient (Wildman–Crippen LogP) is 10.5. The van der Waals surface area contributed by atoms with E-state index in [4.69, 9.17) is 11.6 Å². The first kappa shape index (κ1) is 60.6. The highest BCUT2D eigenvalue weighted by Crippen LogP contribution is 2.43. The summed E-state index contributed by atoms with van der Waals surface area (Å²) in [6, 6.07) is 33.0. The molecule has 15 nitrogen and oxygen atoms in total. The van der Waals surface area contributed by atoms with Gasteiger partial charge < -0.3 is 10.2 Å². The van der Waals surface area contributed by atoms with Crippen molar-refractivity contribution in [3.05, 3.63) is 149 Å². The molecule has 3 heterocycles. The third-order valence-corrected chi connectivity index (χ3v) is 20.2. The molecular weight excluding hydrogens is 1130 g/mol. The molecule has 0 radical (unpaired) electrons. The van der Waals surface area contributed by atoms with Gasteiger partial charge in [0.1, 0.15) is 4.90 Å². The summed E-state index contributed by atoms with van der Waals surface area (Å²) in [6.07, 6.45) is 3.73. The van der Waals surface area contributed by atoms with Crippen molar-refractivity contribution in [1.82, 2.24) is 24.7 Å². The van der Waals surface area contributed by atoms with Gasteiger partial charge in [-0.1, -0.05) is 73.5 Å². The van der Waals surface area contributed by atoms with E-state index in [-0.39, 0.29) is 35.4 Å². The van der Waals surface area contributed by atoms with Gasteiger partial charge in [-0.2, -0.15) is 13.2 Å². The van der Waals surface area contributed by atoms with Crippen LogP contribution in [0.1, 0.15) is 81.3 Å². The summed E-state index contributed by atoms with van der Waals surface area (Å²) in [5.41, 5.74) is 0.568. The summed E-state index contributed by atoms with van der Waals surface area (Å²) in [5.74, 6) is -1.02. The van der Waals surface area contributed by atoms with Crippen molar-refractivity contribution >= 4 is 83.7 Å². The van der Waals surface area contributed by atoms with Gasteiger partial charge in [-0.05, 0) is 141 Å². The van der Waals surface area contributed by atoms with Crippen LogP contribution in [0, 0.1) is 5.41 Å². The Morgan fingerprint density at radius 1 is 0.793 bits per heavy atom. The van der Waals surface area contributed by atoms with E-state index in [1.807, 2.05) is 71.5 Å². The molecule has 0 spiro atoms. The van der Waals surface area contributed by atoms with Crippen LogP contribution in [-0.4, -0.2) is 138 Å². The lowest BCUT2D eigenvalue weighted by Gasteiger charge is -2.45. The topological polar surface area (TPSA) is 172 Å². The van der Waals surface area contributed by atoms with Gasteiger partial charge in [-0.15, -0.1) is 11.8 Å². The third kappa shape index (κ3) is 14.9. The SMILES string of the molecule is CC1CN(Cc2ccc(N3CCC(=O)NC3=O)cc2)CC(C)N1CC[C@H](CSc1ccccc1)Nc1ccc(S(=O)(=O)NC(=O)c2ccc(N3CCN(CC4=C(c5ccc(Cl)cc5)CCC(C)(C)C4)CC3)cc2)cc1S(=O)(=O)C(F)(F)F. The highest BCUT2D eigenvalue weighted by Gasteiger charge is 2.49. The first-order valence-corrected chi connectivity index (χ1v) is 31.9. The van der Waals surface area contributed by atoms with Gasteiger partial charge in [-0.3, -0.25) is 34.5 Å². The Labute approximate surface area is 488 Å². The number of allylic oxidation sites excluding steroid dienone is 1. The average molecular weight is 1200 g/mol. The lowest BCUT2D eigenvalue weighted by molar-refractivity contribution is -0.120. The van der Waals surface area contributed by atoms with E-state index in [2.05, 4.69) is 70.1 Å². The van der Waals surface area contributed by atoms with E-state index in [0.717, 1.165) is 80.3 Å². The van der Waals surface area contributed by atoms with Crippen molar-refractivity contribution in [2.24, 2.45) is 5.41 Å². The molecule has 4 amide bonds. The quantitative estimate of drug-likeness (QED) is 0.0668. The van der Waals surface area contributed by atoms with Gasteiger partial charge in [-0.25, -0.2) is 26.4 Å². The molecule has 3 N–H and O–H groups in total. The monoisotopic (exact) mass is 1200 g/mol. The van der Waals surface area contributed by atoms with Crippen LogP contribution in [0.2, 0.25) is 5.02 Å². The van der Waals surface area contributed by atoms with Gasteiger partial charge in [0.15, 0.2) is 0 Å². The fourth-order valence-corrected chi connectivity index (χ4v) is 14.7. The molecule has 438 valence electrons. The number of thioether (sulfide) groups is 1. The molecule has 5 aromatic rings. The van der Waals surface area contributed by atoms with E-state index >= 15 is 0 Å². The van der Waals surface area contributed by atoms with E-state index < -0.39 is 58.8 Å². The van der Waals surface area contributed by atoms with Crippen molar-refractivity contribution in [2.75, 3.05) is 79.8 Å². The minimum atomic E-state index is -6.14. The molecule has 3 fully saturated rings. The predicted molar refractivity (Wildman–Crippen MR) is 317 cm³/mol. The zero-order chi connectivity index (χ0) is 58.6. The Kier molecular flexibility index (Phi) is 18.9. The molecule has 3 saturated heterocycles. The number of urea groups is 1. The van der Waals surface area contributed by atoms with Crippen LogP contribution in [0.4, 0.5) is 35.0 Å². The van der Waals surface area contributed by atoms with Gasteiger partial charge in [0, 0.05) is 123 Å². The lowest BCUT2D eigenvalue weighted by atomic mass is 9.73. The fourth-order valence-electron chi connectivity index (χ4n) is 11.5. The average Bonchev–Trinajstić information content (AvgIpc) is 3.44. The largest absolute Gasteiger partial charge is 0.501 e. The maximum Gasteiger partial charge on any atom is 0.501 e. The van der Waals surface area contributed by atoms with Crippen molar-refractivity contribution in [3.63, 3.8) is 0 Å². The minimum Gasteiger partial charge on any atom is -0.380 e. The Balaban J connectivity index is 0.845. The Bertz CT molecular complexity index is 3350. The van der Waals surface area contributed by atoms with Crippen LogP contribution in [0.15, 0.2) is 142 Å². The molecule has 82 heavy (non-hydrogen) atoms. The standard InChI is InChI=1S/C60H70ClF3N8O7S3/c1-41-36-69(38-43-10-18-50(19-11-43)72-29-26-56(73)66-58(72)75)37-42(2)71(41)28-25-48(40-80-51-8-6-5-7-9-51)65-54-23-22-52(34-55(54)81(76,77)60(62,63)64)82(78,79)67-57(74)45-14-20-49(21-15-45)70-32-30-68(31-33-70)39-46-35-59(3,4)27-24-53(46)44-12-16-47(61)17-13-44/h5-23,34,41-42,48,65H,24-33,35-40H2,1-4H3,(H,67,74)(H,66,73,75)/t41?,42?,48-/m1/s1. The smallest absolute Gasteiger partial charge is 0.380 e. The summed E-state index contributed by atoms with van der Waals surface area (Å²) >= 11 is 7.65. The van der Waals surface area contributed by atoms with Crippen LogP contribution in [-0.2, 0) is 31.2 Å². The van der Waals surface area contributed by atoms with E-state index in [9.17, 15) is 44.4 Å². The number of amides is 4. The molecule has 9 rings (SSSR count). The van der Waals surface area contributed by atoms with Gasteiger partial charge in [0.25, 0.3) is 25.8 Å². The summed E-state index contributed by atoms with van der Waals surface area (Å²) in [6.45, 7) is 15.6. The number of hydrogen-bond acceptors (Lipinski definition) is 13. The Morgan fingerprint density at radius 2 is 1.45 bits per heavy atom. The van der Waals surface area contributed by atoms with Crippen molar-refractivity contribution < 1.29 is 44.4 Å². The zero-order valence-corrected chi connectivity index (χ0v) is 49.6. The van der Waals surface area contributed by atoms with Crippen molar-refractivity contribution in [3.8, 4) is 0 Å². The first-order valence-electron chi connectivity index (χ1n) is 27.6. The number of benzene rings is 5. The number of carbonyl (C=O) groups excluding carboxylic acids is 3. The van der Waals surface area contributed by atoms with Crippen LogP contribution in [0.5, 0.6) is 0 Å². The number of imide groups is 1. The number of sulfonamides is 1. The Morgan fingerprint density at radius 3 is 2.10 bits per heavy atom. The van der Waals surface area contributed by atoms with Crippen LogP contribution in [0.3, 0.4) is 0 Å². The number of piperazine rings is 2. The normalized spacial score (nSPS) is 20.1. The number of alkyl halides is 3. The molecule has 22 heteroatoms. The Hall–Kier alpha value is -5.94. The van der Waals surface area contributed by atoms with Gasteiger partial charge >= 0.3 is 11.5 Å². The number of nitrogens with zero attached hydrogens (tertiary/aromatic N) is 5. The van der Waals surface area contributed by atoms with Crippen LogP contribution >= 0.6 is 23.4 Å². The number of carbonyl (C=O) groups is 3. The molecule has 5 aromatic carbocycles. The van der Waals surface area contributed by atoms with Crippen molar-refractivity contribution in [1.29, 1.82) is 0 Å². The second-order valence-corrected chi connectivity index (χ2v) is 27.7. The molecule has 0 bridgehead atoms. The molecule has 0 aromatic heterocycles. The molecule has 0 saturated carbocycles. The molecule has 3 aliphatic heterocycles. The van der Waals surface area contributed by atoms with Gasteiger partial charge in [0.2, 0.25) is 5.91 Å². The van der Waals surface area contributed by atoms with Gasteiger partial charge in [0.05, 0.1) is 10.6 Å². The fraction of sp³-hybridized carbons (Fsp3) is 0.417. The second-order valence-electron chi connectivity index (χ2n) is 22.6. The first-order chi connectivity index (χ1) is 38.9. The number of hydrogen-bond donors (Lipinski definition) is 3. The zero-order valence-electron chi connectivity index (χ0n) is 46.4. The lowest BCUT2D eigenvalue weighted by Crippen LogP contribution is -2.56. The number of rotatable bonds is 19. The molecule has 4 aliphatic rings. The summed E-state index contributed by atoms with van der Waals surface area (Å²) in [5, 5.41) is 6.12. The highest BCUT2D eigenvalue weighted by atomic mass is 35.5. The van der Waals surface area contributed by atoms with Crippen molar-refractivity contribution in [2.45, 2.75) is 105 Å². The summed E-state index contributed by atoms with van der Waals surface area (Å²) < 4.78 is 100. The maximum atomic E-state index is 14.5. The van der Waals surface area contributed by atoms with Crippen LogP contribution < -0.4 is 25.2 Å². The third-order valence-electron chi connectivity index (χ3n) is 15.9. The number of halogens is 4. The number of anilines is 3. The van der Waals surface area contributed by atoms with E-state index in [1.54, 1.807) is 12.1 Å². The molecule has 2 unspecified atom stereocenters. The number of sulfone groups is 1. The van der Waals surface area contributed by atoms with Crippen LogP contribution in [0.25, 0.3) is 5.57 Å². The molecule has 1 aliphatic carbocycles. The second kappa shape index (κ2) is 25.5. The minimum absolute atomic E-state index is 0.0189. The summed E-state index contributed by atoms with van der Waals surface area (Å²) in [4.78, 5) is 47.2. The highest BCUT2D eigenvalue weighted by molar-refractivity contribution is 7.99. The maximum absolute atomic E-state index is 14.5. The van der Waals surface area contributed by atoms with E-state index in [1.165, 1.54) is 45.5 Å². The number of nitrogens with one attached hydrogen (secondary N) is 3.